The van der Waals surface area contributed by atoms with Crippen molar-refractivity contribution in [3.63, 3.8) is 0 Å². The number of aromatic nitrogens is 1. The Balaban J connectivity index is 2.91. The average Bonchev–Trinajstić information content (AvgIpc) is 2.29. The van der Waals surface area contributed by atoms with Gasteiger partial charge in [0.25, 0.3) is 0 Å². The van der Waals surface area contributed by atoms with Crippen molar-refractivity contribution in [1.29, 1.82) is 0 Å². The molecule has 2 aromatic rings. The fourth-order valence-corrected chi connectivity index (χ4v) is 2.10. The van der Waals surface area contributed by atoms with E-state index in [-0.39, 0.29) is 0 Å². The van der Waals surface area contributed by atoms with E-state index in [1.54, 1.807) is 6.20 Å². The number of hydrogen-bond acceptors (Lipinski definition) is 1. The fourth-order valence-electron chi connectivity index (χ4n) is 1.82. The van der Waals surface area contributed by atoms with Crippen LogP contribution in [0.25, 0.3) is 17.0 Å². The third kappa shape index (κ3) is 1.64. The van der Waals surface area contributed by atoms with E-state index < -0.39 is 0 Å². The van der Waals surface area contributed by atoms with Gasteiger partial charge in [-0.2, -0.15) is 0 Å². The lowest BCUT2D eigenvalue weighted by molar-refractivity contribution is 1.14. The van der Waals surface area contributed by atoms with E-state index in [2.05, 4.69) is 18.5 Å². The van der Waals surface area contributed by atoms with E-state index in [1.807, 2.05) is 24.3 Å². The SMILES string of the molecule is C=Cc1c(CC)cc(Cl)c2ncccc12. The second-order valence-corrected chi connectivity index (χ2v) is 3.80. The molecule has 0 aliphatic carbocycles. The largest absolute Gasteiger partial charge is 0.255 e. The molecule has 0 radical (unpaired) electrons. The van der Waals surface area contributed by atoms with Gasteiger partial charge in [-0.3, -0.25) is 4.98 Å². The maximum absolute atomic E-state index is 6.17. The normalized spacial score (nSPS) is 10.5. The fraction of sp³-hybridized carbons (Fsp3) is 0.154. The second-order valence-electron chi connectivity index (χ2n) is 3.39. The zero-order chi connectivity index (χ0) is 10.8. The Hall–Kier alpha value is -1.34. The maximum Gasteiger partial charge on any atom is 0.0894 e. The van der Waals surface area contributed by atoms with Gasteiger partial charge in [0.15, 0.2) is 0 Å². The van der Waals surface area contributed by atoms with Crippen LogP contribution in [0.4, 0.5) is 0 Å². The number of nitrogens with zero attached hydrogens (tertiary/aromatic N) is 1. The Labute approximate surface area is 94.4 Å². The van der Waals surface area contributed by atoms with Gasteiger partial charge < -0.3 is 0 Å². The summed E-state index contributed by atoms with van der Waals surface area (Å²) in [4.78, 5) is 4.29. The van der Waals surface area contributed by atoms with Crippen molar-refractivity contribution in [2.45, 2.75) is 13.3 Å². The number of pyridine rings is 1. The Bertz CT molecular complexity index is 517. The molecule has 1 aromatic carbocycles. The van der Waals surface area contributed by atoms with E-state index in [1.165, 1.54) is 5.56 Å². The predicted molar refractivity (Wildman–Crippen MR) is 66.2 cm³/mol. The van der Waals surface area contributed by atoms with Crippen LogP contribution < -0.4 is 0 Å². The summed E-state index contributed by atoms with van der Waals surface area (Å²) in [6.07, 6.45) is 4.58. The molecule has 0 atom stereocenters. The number of benzene rings is 1. The predicted octanol–water partition coefficient (Wildman–Crippen LogP) is 4.09. The Kier molecular flexibility index (Phi) is 2.74. The summed E-state index contributed by atoms with van der Waals surface area (Å²) < 4.78 is 0. The average molecular weight is 218 g/mol. The molecular formula is C13H12ClN. The van der Waals surface area contributed by atoms with Gasteiger partial charge in [0.1, 0.15) is 0 Å². The molecule has 0 unspecified atom stereocenters. The molecule has 1 aromatic heterocycles. The molecular weight excluding hydrogens is 206 g/mol. The van der Waals surface area contributed by atoms with Crippen LogP contribution in [0, 0.1) is 0 Å². The molecule has 0 aliphatic heterocycles. The molecule has 1 heterocycles. The van der Waals surface area contributed by atoms with Gasteiger partial charge in [-0.05, 0) is 29.7 Å². The molecule has 0 N–H and O–H groups in total. The van der Waals surface area contributed by atoms with Crippen molar-refractivity contribution < 1.29 is 0 Å². The van der Waals surface area contributed by atoms with Crippen molar-refractivity contribution in [3.05, 3.63) is 47.1 Å². The molecule has 1 nitrogen and oxygen atoms in total. The van der Waals surface area contributed by atoms with Crippen LogP contribution in [0.5, 0.6) is 0 Å². The summed E-state index contributed by atoms with van der Waals surface area (Å²) in [6.45, 7) is 5.96. The topological polar surface area (TPSA) is 12.9 Å². The highest BCUT2D eigenvalue weighted by molar-refractivity contribution is 6.35. The third-order valence-electron chi connectivity index (χ3n) is 2.56. The molecule has 15 heavy (non-hydrogen) atoms. The van der Waals surface area contributed by atoms with E-state index in [0.717, 1.165) is 22.9 Å². The molecule has 0 amide bonds. The van der Waals surface area contributed by atoms with Crippen molar-refractivity contribution in [3.8, 4) is 0 Å². The van der Waals surface area contributed by atoms with E-state index in [0.29, 0.717) is 5.02 Å². The van der Waals surface area contributed by atoms with E-state index in [9.17, 15) is 0 Å². The molecule has 0 aliphatic rings. The van der Waals surface area contributed by atoms with Crippen LogP contribution >= 0.6 is 11.6 Å². The standard InChI is InChI=1S/C13H12ClN/c1-3-9-8-12(14)13-11(10(9)4-2)6-5-7-15-13/h4-8H,2-3H2,1H3. The van der Waals surface area contributed by atoms with Crippen molar-refractivity contribution in [1.82, 2.24) is 4.98 Å². The molecule has 0 bridgehead atoms. The van der Waals surface area contributed by atoms with Crippen LogP contribution in [-0.4, -0.2) is 4.98 Å². The van der Waals surface area contributed by atoms with Gasteiger partial charge in [-0.25, -0.2) is 0 Å². The highest BCUT2D eigenvalue weighted by Crippen LogP contribution is 2.29. The van der Waals surface area contributed by atoms with Crippen LogP contribution in [0.3, 0.4) is 0 Å². The van der Waals surface area contributed by atoms with Gasteiger partial charge in [0, 0.05) is 11.6 Å². The molecule has 0 spiro atoms. The van der Waals surface area contributed by atoms with Crippen molar-refractivity contribution in [2.24, 2.45) is 0 Å². The first-order valence-corrected chi connectivity index (χ1v) is 5.34. The minimum Gasteiger partial charge on any atom is -0.255 e. The summed E-state index contributed by atoms with van der Waals surface area (Å²) >= 11 is 6.17. The molecule has 0 saturated carbocycles. The number of halogens is 1. The number of fused-ring (bicyclic) bond motifs is 1. The minimum atomic E-state index is 0.716. The quantitative estimate of drug-likeness (QED) is 0.738. The van der Waals surface area contributed by atoms with Crippen LogP contribution in [-0.2, 0) is 6.42 Å². The summed E-state index contributed by atoms with van der Waals surface area (Å²) in [7, 11) is 0. The molecule has 2 rings (SSSR count). The van der Waals surface area contributed by atoms with Crippen LogP contribution in [0.2, 0.25) is 5.02 Å². The number of aryl methyl sites for hydroxylation is 1. The lowest BCUT2D eigenvalue weighted by Gasteiger charge is -2.09. The Morgan fingerprint density at radius 2 is 2.33 bits per heavy atom. The van der Waals surface area contributed by atoms with Gasteiger partial charge >= 0.3 is 0 Å². The van der Waals surface area contributed by atoms with Gasteiger partial charge in [-0.15, -0.1) is 0 Å². The second kappa shape index (κ2) is 4.03. The first kappa shape index (κ1) is 10.2. The first-order valence-electron chi connectivity index (χ1n) is 4.96. The molecule has 0 saturated heterocycles. The number of rotatable bonds is 2. The highest BCUT2D eigenvalue weighted by atomic mass is 35.5. The molecule has 0 fully saturated rings. The van der Waals surface area contributed by atoms with Crippen molar-refractivity contribution >= 4 is 28.6 Å². The van der Waals surface area contributed by atoms with Crippen molar-refractivity contribution in [2.75, 3.05) is 0 Å². The molecule has 2 heteroatoms. The lowest BCUT2D eigenvalue weighted by atomic mass is 10.00. The summed E-state index contributed by atoms with van der Waals surface area (Å²) in [5.41, 5.74) is 3.21. The minimum absolute atomic E-state index is 0.716. The van der Waals surface area contributed by atoms with Gasteiger partial charge in [-0.1, -0.05) is 37.2 Å². The highest BCUT2D eigenvalue weighted by Gasteiger charge is 2.07. The van der Waals surface area contributed by atoms with Crippen LogP contribution in [0.1, 0.15) is 18.1 Å². The summed E-state index contributed by atoms with van der Waals surface area (Å²) in [5, 5.41) is 1.80. The monoisotopic (exact) mass is 217 g/mol. The van der Waals surface area contributed by atoms with Gasteiger partial charge in [0.2, 0.25) is 0 Å². The Morgan fingerprint density at radius 1 is 1.53 bits per heavy atom. The third-order valence-corrected chi connectivity index (χ3v) is 2.84. The zero-order valence-corrected chi connectivity index (χ0v) is 9.38. The smallest absolute Gasteiger partial charge is 0.0894 e. The summed E-state index contributed by atoms with van der Waals surface area (Å²) in [5.74, 6) is 0. The summed E-state index contributed by atoms with van der Waals surface area (Å²) in [6, 6.07) is 5.93. The first-order chi connectivity index (χ1) is 7.27. The maximum atomic E-state index is 6.17. The van der Waals surface area contributed by atoms with Gasteiger partial charge in [0.05, 0.1) is 10.5 Å². The number of hydrogen-bond donors (Lipinski definition) is 0. The molecule has 76 valence electrons. The van der Waals surface area contributed by atoms with E-state index >= 15 is 0 Å². The van der Waals surface area contributed by atoms with E-state index in [4.69, 9.17) is 11.6 Å². The zero-order valence-electron chi connectivity index (χ0n) is 8.63. The van der Waals surface area contributed by atoms with Crippen LogP contribution in [0.15, 0.2) is 31.0 Å². The Morgan fingerprint density at radius 3 is 3.00 bits per heavy atom. The lowest BCUT2D eigenvalue weighted by Crippen LogP contribution is -1.91.